The van der Waals surface area contributed by atoms with Crippen molar-refractivity contribution in [3.63, 3.8) is 0 Å². The molecule has 0 aromatic carbocycles. The molecule has 3 nitrogen and oxygen atoms in total. The fraction of sp³-hybridized carbons (Fsp3) is 0.667. The van der Waals surface area contributed by atoms with Gasteiger partial charge in [0, 0.05) is 44.6 Å². The molecule has 0 amide bonds. The molecule has 1 unspecified atom stereocenters. The second-order valence-electron chi connectivity index (χ2n) is 5.82. The van der Waals surface area contributed by atoms with E-state index in [1.807, 2.05) is 12.4 Å². The molecule has 18 heavy (non-hydrogen) atoms. The van der Waals surface area contributed by atoms with Crippen molar-refractivity contribution in [2.45, 2.75) is 39.8 Å². The van der Waals surface area contributed by atoms with Gasteiger partial charge in [-0.1, -0.05) is 13.8 Å². The first-order valence-corrected chi connectivity index (χ1v) is 7.00. The Hall–Kier alpha value is -0.930. The van der Waals surface area contributed by atoms with Crippen LogP contribution in [0, 0.1) is 12.8 Å². The van der Waals surface area contributed by atoms with Crippen molar-refractivity contribution in [1.82, 2.24) is 15.2 Å². The average Bonchev–Trinajstić information content (AvgIpc) is 2.32. The molecule has 1 aromatic heterocycles. The molecule has 1 aliphatic rings. The largest absolute Gasteiger partial charge is 0.311 e. The molecule has 1 atom stereocenters. The first-order chi connectivity index (χ1) is 8.65. The third-order valence-corrected chi connectivity index (χ3v) is 3.63. The summed E-state index contributed by atoms with van der Waals surface area (Å²) in [5.74, 6) is 0.769. The van der Waals surface area contributed by atoms with Gasteiger partial charge in [0.1, 0.15) is 0 Å². The zero-order chi connectivity index (χ0) is 13.0. The SMILES string of the molecule is Cc1cnccc1CN1CCNC(CC(C)C)C1. The fourth-order valence-electron chi connectivity index (χ4n) is 2.69. The summed E-state index contributed by atoms with van der Waals surface area (Å²) in [7, 11) is 0. The zero-order valence-corrected chi connectivity index (χ0v) is 11.8. The van der Waals surface area contributed by atoms with E-state index >= 15 is 0 Å². The Morgan fingerprint density at radius 3 is 3.06 bits per heavy atom. The normalized spacial score (nSPS) is 21.4. The van der Waals surface area contributed by atoms with Crippen molar-refractivity contribution in [2.75, 3.05) is 19.6 Å². The van der Waals surface area contributed by atoms with Crippen molar-refractivity contribution < 1.29 is 0 Å². The number of pyridine rings is 1. The highest BCUT2D eigenvalue weighted by Crippen LogP contribution is 2.14. The summed E-state index contributed by atoms with van der Waals surface area (Å²) in [5.41, 5.74) is 2.71. The fourth-order valence-corrected chi connectivity index (χ4v) is 2.69. The monoisotopic (exact) mass is 247 g/mol. The number of aromatic nitrogens is 1. The Labute approximate surface area is 111 Å². The quantitative estimate of drug-likeness (QED) is 0.884. The van der Waals surface area contributed by atoms with Crippen LogP contribution in [0.4, 0.5) is 0 Å². The minimum absolute atomic E-state index is 0.654. The number of nitrogens with zero attached hydrogens (tertiary/aromatic N) is 2. The Bertz CT molecular complexity index is 376. The highest BCUT2D eigenvalue weighted by molar-refractivity contribution is 5.21. The molecular formula is C15H25N3. The first kappa shape index (κ1) is 13.5. The van der Waals surface area contributed by atoms with Gasteiger partial charge in [-0.15, -0.1) is 0 Å². The van der Waals surface area contributed by atoms with Crippen molar-refractivity contribution in [2.24, 2.45) is 5.92 Å². The summed E-state index contributed by atoms with van der Waals surface area (Å²) in [6, 6.07) is 2.80. The van der Waals surface area contributed by atoms with Crippen LogP contribution >= 0.6 is 0 Å². The van der Waals surface area contributed by atoms with Gasteiger partial charge in [0.25, 0.3) is 0 Å². The lowest BCUT2D eigenvalue weighted by atomic mass is 10.0. The minimum Gasteiger partial charge on any atom is -0.311 e. The third kappa shape index (κ3) is 3.79. The van der Waals surface area contributed by atoms with E-state index in [1.165, 1.54) is 24.1 Å². The van der Waals surface area contributed by atoms with Crippen LogP contribution < -0.4 is 5.32 Å². The highest BCUT2D eigenvalue weighted by atomic mass is 15.2. The number of aryl methyl sites for hydroxylation is 1. The van der Waals surface area contributed by atoms with Crippen LogP contribution in [0.3, 0.4) is 0 Å². The first-order valence-electron chi connectivity index (χ1n) is 7.00. The molecule has 1 saturated heterocycles. The van der Waals surface area contributed by atoms with Gasteiger partial charge in [-0.05, 0) is 36.5 Å². The van der Waals surface area contributed by atoms with Gasteiger partial charge in [-0.2, -0.15) is 0 Å². The molecule has 0 bridgehead atoms. The number of hydrogen-bond donors (Lipinski definition) is 1. The second-order valence-corrected chi connectivity index (χ2v) is 5.82. The Balaban J connectivity index is 1.91. The number of piperazine rings is 1. The zero-order valence-electron chi connectivity index (χ0n) is 11.8. The van der Waals surface area contributed by atoms with Gasteiger partial charge in [0.05, 0.1) is 0 Å². The third-order valence-electron chi connectivity index (χ3n) is 3.63. The molecule has 3 heteroatoms. The lowest BCUT2D eigenvalue weighted by molar-refractivity contribution is 0.179. The van der Waals surface area contributed by atoms with Gasteiger partial charge in [0.15, 0.2) is 0 Å². The molecule has 1 N–H and O–H groups in total. The molecule has 2 rings (SSSR count). The molecule has 2 heterocycles. The molecule has 0 spiro atoms. The van der Waals surface area contributed by atoms with Gasteiger partial charge in [0.2, 0.25) is 0 Å². The molecule has 0 radical (unpaired) electrons. The van der Waals surface area contributed by atoms with Crippen LogP contribution in [-0.2, 0) is 6.54 Å². The van der Waals surface area contributed by atoms with Gasteiger partial charge in [-0.3, -0.25) is 9.88 Å². The molecule has 0 saturated carbocycles. The maximum absolute atomic E-state index is 4.16. The van der Waals surface area contributed by atoms with Crippen LogP contribution in [-0.4, -0.2) is 35.6 Å². The van der Waals surface area contributed by atoms with Crippen molar-refractivity contribution in [3.8, 4) is 0 Å². The number of rotatable bonds is 4. The maximum atomic E-state index is 4.16. The maximum Gasteiger partial charge on any atom is 0.0300 e. The van der Waals surface area contributed by atoms with Gasteiger partial charge < -0.3 is 5.32 Å². The molecular weight excluding hydrogens is 222 g/mol. The summed E-state index contributed by atoms with van der Waals surface area (Å²) >= 11 is 0. The Kier molecular flexibility index (Phi) is 4.72. The summed E-state index contributed by atoms with van der Waals surface area (Å²) in [4.78, 5) is 6.72. The van der Waals surface area contributed by atoms with E-state index < -0.39 is 0 Å². The lowest BCUT2D eigenvalue weighted by Gasteiger charge is -2.34. The number of hydrogen-bond acceptors (Lipinski definition) is 3. The molecule has 1 aliphatic heterocycles. The van der Waals surface area contributed by atoms with Crippen LogP contribution in [0.15, 0.2) is 18.5 Å². The second kappa shape index (κ2) is 6.30. The van der Waals surface area contributed by atoms with Crippen LogP contribution in [0.1, 0.15) is 31.4 Å². The number of nitrogens with one attached hydrogen (secondary N) is 1. The lowest BCUT2D eigenvalue weighted by Crippen LogP contribution is -2.50. The van der Waals surface area contributed by atoms with E-state index in [9.17, 15) is 0 Å². The van der Waals surface area contributed by atoms with Crippen molar-refractivity contribution in [3.05, 3.63) is 29.6 Å². The molecule has 1 fully saturated rings. The highest BCUT2D eigenvalue weighted by Gasteiger charge is 2.20. The summed E-state index contributed by atoms with van der Waals surface area (Å²) in [5, 5.41) is 3.63. The van der Waals surface area contributed by atoms with E-state index in [0.717, 1.165) is 25.6 Å². The Morgan fingerprint density at radius 1 is 1.50 bits per heavy atom. The predicted octanol–water partition coefficient (Wildman–Crippen LogP) is 2.21. The summed E-state index contributed by atoms with van der Waals surface area (Å²) in [6.45, 7) is 11.2. The topological polar surface area (TPSA) is 28.2 Å². The molecule has 100 valence electrons. The van der Waals surface area contributed by atoms with Crippen LogP contribution in [0.5, 0.6) is 0 Å². The minimum atomic E-state index is 0.654. The summed E-state index contributed by atoms with van der Waals surface area (Å²) < 4.78 is 0. The Morgan fingerprint density at radius 2 is 2.33 bits per heavy atom. The van der Waals surface area contributed by atoms with Crippen LogP contribution in [0.25, 0.3) is 0 Å². The van der Waals surface area contributed by atoms with E-state index in [0.29, 0.717) is 6.04 Å². The molecule has 0 aliphatic carbocycles. The standard InChI is InChI=1S/C15H25N3/c1-12(2)8-15-11-18(7-6-17-15)10-14-4-5-16-9-13(14)3/h4-5,9,12,15,17H,6-8,10-11H2,1-3H3. The van der Waals surface area contributed by atoms with Crippen LogP contribution in [0.2, 0.25) is 0 Å². The van der Waals surface area contributed by atoms with E-state index in [4.69, 9.17) is 0 Å². The van der Waals surface area contributed by atoms with E-state index in [-0.39, 0.29) is 0 Å². The van der Waals surface area contributed by atoms with E-state index in [2.05, 4.69) is 42.0 Å². The van der Waals surface area contributed by atoms with Gasteiger partial charge in [-0.25, -0.2) is 0 Å². The van der Waals surface area contributed by atoms with Crippen molar-refractivity contribution >= 4 is 0 Å². The predicted molar refractivity (Wildman–Crippen MR) is 75.5 cm³/mol. The van der Waals surface area contributed by atoms with Gasteiger partial charge >= 0.3 is 0 Å². The smallest absolute Gasteiger partial charge is 0.0300 e. The molecule has 1 aromatic rings. The van der Waals surface area contributed by atoms with Crippen molar-refractivity contribution in [1.29, 1.82) is 0 Å². The van der Waals surface area contributed by atoms with E-state index in [1.54, 1.807) is 0 Å². The summed E-state index contributed by atoms with van der Waals surface area (Å²) in [6.07, 6.45) is 5.13. The average molecular weight is 247 g/mol.